The largest absolute Gasteiger partial charge is 0.353 e. The van der Waals surface area contributed by atoms with Crippen LogP contribution in [0.4, 0.5) is 4.39 Å². The Morgan fingerprint density at radius 1 is 1.25 bits per heavy atom. The fourth-order valence-electron chi connectivity index (χ4n) is 1.94. The van der Waals surface area contributed by atoms with Crippen molar-refractivity contribution in [1.29, 1.82) is 0 Å². The molecular formula is C17H19FN2O2S2. The predicted molar refractivity (Wildman–Crippen MR) is 96.8 cm³/mol. The minimum atomic E-state index is -0.601. The molecule has 0 fully saturated rings. The number of hydrogen-bond acceptors (Lipinski definition) is 4. The van der Waals surface area contributed by atoms with Crippen molar-refractivity contribution in [2.75, 3.05) is 12.3 Å². The minimum Gasteiger partial charge on any atom is -0.353 e. The van der Waals surface area contributed by atoms with E-state index in [0.29, 0.717) is 28.5 Å². The lowest BCUT2D eigenvalue weighted by Crippen LogP contribution is -2.45. The van der Waals surface area contributed by atoms with Crippen molar-refractivity contribution < 1.29 is 14.0 Å². The van der Waals surface area contributed by atoms with Gasteiger partial charge in [-0.3, -0.25) is 9.59 Å². The van der Waals surface area contributed by atoms with Crippen LogP contribution in [0, 0.1) is 5.82 Å². The van der Waals surface area contributed by atoms with Crippen LogP contribution in [-0.2, 0) is 10.5 Å². The first-order valence-corrected chi connectivity index (χ1v) is 9.54. The number of benzene rings is 1. The van der Waals surface area contributed by atoms with Gasteiger partial charge in [-0.25, -0.2) is 4.39 Å². The SMILES string of the molecule is CC(NC(=O)c1cccs1)C(=O)NCCSCc1ccccc1F. The number of thioether (sulfide) groups is 1. The third kappa shape index (κ3) is 5.65. The summed E-state index contributed by atoms with van der Waals surface area (Å²) in [6.45, 7) is 2.12. The number of halogens is 1. The van der Waals surface area contributed by atoms with Crippen molar-refractivity contribution in [2.45, 2.75) is 18.7 Å². The molecule has 0 saturated heterocycles. The van der Waals surface area contributed by atoms with Crippen LogP contribution >= 0.6 is 23.1 Å². The lowest BCUT2D eigenvalue weighted by molar-refractivity contribution is -0.122. The van der Waals surface area contributed by atoms with E-state index in [9.17, 15) is 14.0 Å². The van der Waals surface area contributed by atoms with Gasteiger partial charge < -0.3 is 10.6 Å². The zero-order valence-corrected chi connectivity index (χ0v) is 14.9. The first kappa shape index (κ1) is 18.5. The van der Waals surface area contributed by atoms with Gasteiger partial charge in [0.15, 0.2) is 0 Å². The number of amides is 2. The maximum absolute atomic E-state index is 13.4. The normalized spacial score (nSPS) is 11.8. The summed E-state index contributed by atoms with van der Waals surface area (Å²) in [5, 5.41) is 7.24. The number of thiophene rings is 1. The van der Waals surface area contributed by atoms with E-state index in [1.54, 1.807) is 49.0 Å². The van der Waals surface area contributed by atoms with Gasteiger partial charge in [-0.15, -0.1) is 11.3 Å². The van der Waals surface area contributed by atoms with E-state index in [2.05, 4.69) is 10.6 Å². The van der Waals surface area contributed by atoms with Gasteiger partial charge in [-0.2, -0.15) is 11.8 Å². The maximum Gasteiger partial charge on any atom is 0.261 e. The van der Waals surface area contributed by atoms with Gasteiger partial charge in [0.1, 0.15) is 11.9 Å². The van der Waals surface area contributed by atoms with Gasteiger partial charge in [-0.1, -0.05) is 24.3 Å². The summed E-state index contributed by atoms with van der Waals surface area (Å²) < 4.78 is 13.4. The first-order valence-electron chi connectivity index (χ1n) is 7.51. The van der Waals surface area contributed by atoms with Gasteiger partial charge in [0.05, 0.1) is 4.88 Å². The molecule has 0 spiro atoms. The molecule has 0 aliphatic heterocycles. The van der Waals surface area contributed by atoms with Gasteiger partial charge in [0.25, 0.3) is 5.91 Å². The molecule has 0 bridgehead atoms. The Kier molecular flexibility index (Phi) is 7.27. The average molecular weight is 366 g/mol. The molecule has 0 radical (unpaired) electrons. The van der Waals surface area contributed by atoms with Crippen LogP contribution < -0.4 is 10.6 Å². The summed E-state index contributed by atoms with van der Waals surface area (Å²) >= 11 is 2.88. The molecule has 1 unspecified atom stereocenters. The topological polar surface area (TPSA) is 58.2 Å². The molecule has 1 aromatic heterocycles. The van der Waals surface area contributed by atoms with E-state index >= 15 is 0 Å². The summed E-state index contributed by atoms with van der Waals surface area (Å²) in [6.07, 6.45) is 0. The Hall–Kier alpha value is -1.86. The summed E-state index contributed by atoms with van der Waals surface area (Å²) in [5.74, 6) is 0.547. The lowest BCUT2D eigenvalue weighted by Gasteiger charge is -2.13. The highest BCUT2D eigenvalue weighted by atomic mass is 32.2. The highest BCUT2D eigenvalue weighted by Gasteiger charge is 2.16. The number of hydrogen-bond donors (Lipinski definition) is 2. The third-order valence-electron chi connectivity index (χ3n) is 3.25. The van der Waals surface area contributed by atoms with E-state index in [0.717, 1.165) is 0 Å². The van der Waals surface area contributed by atoms with Crippen LogP contribution in [0.25, 0.3) is 0 Å². The smallest absolute Gasteiger partial charge is 0.261 e. The molecule has 0 aliphatic rings. The van der Waals surface area contributed by atoms with Crippen molar-refractivity contribution in [3.05, 3.63) is 58.0 Å². The fraction of sp³-hybridized carbons (Fsp3) is 0.294. The molecule has 1 atom stereocenters. The lowest BCUT2D eigenvalue weighted by atomic mass is 10.2. The fourth-order valence-corrected chi connectivity index (χ4v) is 3.41. The zero-order valence-electron chi connectivity index (χ0n) is 13.3. The van der Waals surface area contributed by atoms with Crippen molar-refractivity contribution in [3.8, 4) is 0 Å². The van der Waals surface area contributed by atoms with Crippen LogP contribution in [0.2, 0.25) is 0 Å². The molecule has 4 nitrogen and oxygen atoms in total. The Morgan fingerprint density at radius 3 is 2.75 bits per heavy atom. The molecule has 24 heavy (non-hydrogen) atoms. The van der Waals surface area contributed by atoms with Gasteiger partial charge in [-0.05, 0) is 30.0 Å². The second kappa shape index (κ2) is 9.44. The van der Waals surface area contributed by atoms with Crippen molar-refractivity contribution in [2.24, 2.45) is 0 Å². The standard InChI is InChI=1S/C17H19FN2O2S2/c1-12(20-17(22)15-7-4-9-24-15)16(21)19-8-10-23-11-13-5-2-3-6-14(13)18/h2-7,9,12H,8,10-11H2,1H3,(H,19,21)(H,20,22). The zero-order chi connectivity index (χ0) is 17.4. The average Bonchev–Trinajstić information content (AvgIpc) is 3.10. The summed E-state index contributed by atoms with van der Waals surface area (Å²) in [6, 6.07) is 9.56. The Morgan fingerprint density at radius 2 is 2.04 bits per heavy atom. The molecule has 0 aliphatic carbocycles. The maximum atomic E-state index is 13.4. The molecule has 128 valence electrons. The molecule has 7 heteroatoms. The monoisotopic (exact) mass is 366 g/mol. The minimum absolute atomic E-state index is 0.209. The van der Waals surface area contributed by atoms with Crippen LogP contribution in [0.15, 0.2) is 41.8 Å². The highest BCUT2D eigenvalue weighted by molar-refractivity contribution is 7.98. The second-order valence-corrected chi connectivity index (χ2v) is 7.16. The van der Waals surface area contributed by atoms with Crippen molar-refractivity contribution >= 4 is 34.9 Å². The Balaban J connectivity index is 1.64. The summed E-state index contributed by atoms with van der Waals surface area (Å²) in [7, 11) is 0. The molecule has 2 N–H and O–H groups in total. The molecule has 1 aromatic carbocycles. The van der Waals surface area contributed by atoms with Crippen LogP contribution in [0.3, 0.4) is 0 Å². The predicted octanol–water partition coefficient (Wildman–Crippen LogP) is 3.06. The van der Waals surface area contributed by atoms with Crippen LogP contribution in [0.1, 0.15) is 22.2 Å². The quantitative estimate of drug-likeness (QED) is 0.706. The summed E-state index contributed by atoms with van der Waals surface area (Å²) in [5.41, 5.74) is 0.658. The first-order chi connectivity index (χ1) is 11.6. The molecule has 1 heterocycles. The molecular weight excluding hydrogens is 347 g/mol. The van der Waals surface area contributed by atoms with E-state index in [4.69, 9.17) is 0 Å². The number of carbonyl (C=O) groups is 2. The highest BCUT2D eigenvalue weighted by Crippen LogP contribution is 2.14. The van der Waals surface area contributed by atoms with E-state index in [-0.39, 0.29) is 17.6 Å². The number of nitrogens with one attached hydrogen (secondary N) is 2. The van der Waals surface area contributed by atoms with Crippen molar-refractivity contribution in [3.63, 3.8) is 0 Å². The van der Waals surface area contributed by atoms with Crippen LogP contribution in [-0.4, -0.2) is 30.2 Å². The van der Waals surface area contributed by atoms with Crippen molar-refractivity contribution in [1.82, 2.24) is 10.6 Å². The second-order valence-electron chi connectivity index (χ2n) is 5.11. The molecule has 2 aromatic rings. The molecule has 2 amide bonds. The van der Waals surface area contributed by atoms with Gasteiger partial charge in [0.2, 0.25) is 5.91 Å². The van der Waals surface area contributed by atoms with E-state index < -0.39 is 6.04 Å². The molecule has 2 rings (SSSR count). The number of carbonyl (C=O) groups excluding carboxylic acids is 2. The molecule has 0 saturated carbocycles. The number of rotatable bonds is 8. The third-order valence-corrected chi connectivity index (χ3v) is 5.12. The van der Waals surface area contributed by atoms with Gasteiger partial charge in [0, 0.05) is 18.1 Å². The summed E-state index contributed by atoms with van der Waals surface area (Å²) in [4.78, 5) is 24.4. The van der Waals surface area contributed by atoms with Crippen LogP contribution in [0.5, 0.6) is 0 Å². The Labute approximate surface area is 148 Å². The van der Waals surface area contributed by atoms with E-state index in [1.807, 2.05) is 5.38 Å². The van der Waals surface area contributed by atoms with Gasteiger partial charge >= 0.3 is 0 Å². The Bertz CT molecular complexity index is 677. The van der Waals surface area contributed by atoms with E-state index in [1.165, 1.54) is 17.4 Å².